The highest BCUT2D eigenvalue weighted by atomic mass is 35.5. The SMILES string of the molecule is CN1CCC(N(C)C(=O)c2ccc(CN)cc2)CC1.Cl. The van der Waals surface area contributed by atoms with Gasteiger partial charge in [0.05, 0.1) is 0 Å². The predicted molar refractivity (Wildman–Crippen MR) is 84.2 cm³/mol. The van der Waals surface area contributed by atoms with Gasteiger partial charge in [0.1, 0.15) is 0 Å². The first-order valence-corrected chi connectivity index (χ1v) is 6.86. The molecular weight excluding hydrogens is 274 g/mol. The summed E-state index contributed by atoms with van der Waals surface area (Å²) in [5, 5.41) is 0. The van der Waals surface area contributed by atoms with Gasteiger partial charge in [-0.3, -0.25) is 4.79 Å². The largest absolute Gasteiger partial charge is 0.339 e. The highest BCUT2D eigenvalue weighted by molar-refractivity contribution is 5.94. The third kappa shape index (κ3) is 3.95. The molecule has 0 spiro atoms. The highest BCUT2D eigenvalue weighted by Gasteiger charge is 2.24. The first-order valence-electron chi connectivity index (χ1n) is 6.86. The zero-order valence-corrected chi connectivity index (χ0v) is 13.0. The molecule has 1 fully saturated rings. The number of piperidine rings is 1. The fourth-order valence-electron chi connectivity index (χ4n) is 2.54. The molecule has 0 radical (unpaired) electrons. The van der Waals surface area contributed by atoms with Gasteiger partial charge in [0.2, 0.25) is 0 Å². The van der Waals surface area contributed by atoms with Gasteiger partial charge in [0.15, 0.2) is 0 Å². The van der Waals surface area contributed by atoms with E-state index in [1.54, 1.807) is 0 Å². The lowest BCUT2D eigenvalue weighted by molar-refractivity contribution is 0.0659. The summed E-state index contributed by atoms with van der Waals surface area (Å²) in [7, 11) is 4.04. The van der Waals surface area contributed by atoms with Crippen molar-refractivity contribution in [2.45, 2.75) is 25.4 Å². The van der Waals surface area contributed by atoms with Crippen LogP contribution >= 0.6 is 12.4 Å². The number of hydrogen-bond acceptors (Lipinski definition) is 3. The Kier molecular flexibility index (Phi) is 6.46. The molecule has 0 aromatic heterocycles. The van der Waals surface area contributed by atoms with Crippen LogP contribution in [0.2, 0.25) is 0 Å². The molecule has 1 saturated heterocycles. The van der Waals surface area contributed by atoms with Crippen molar-refractivity contribution in [1.82, 2.24) is 9.80 Å². The van der Waals surface area contributed by atoms with Crippen molar-refractivity contribution < 1.29 is 4.79 Å². The Bertz CT molecular complexity index is 427. The van der Waals surface area contributed by atoms with Crippen molar-refractivity contribution in [3.8, 4) is 0 Å². The van der Waals surface area contributed by atoms with Gasteiger partial charge in [-0.05, 0) is 50.7 Å². The molecular formula is C15H24ClN3O. The maximum Gasteiger partial charge on any atom is 0.253 e. The Morgan fingerprint density at radius 3 is 2.35 bits per heavy atom. The lowest BCUT2D eigenvalue weighted by Gasteiger charge is -2.35. The molecule has 1 aliphatic rings. The van der Waals surface area contributed by atoms with Crippen LogP contribution < -0.4 is 5.73 Å². The maximum absolute atomic E-state index is 12.4. The molecule has 1 aromatic rings. The zero-order chi connectivity index (χ0) is 13.8. The fourth-order valence-corrected chi connectivity index (χ4v) is 2.54. The van der Waals surface area contributed by atoms with E-state index in [1.807, 2.05) is 36.2 Å². The Labute approximate surface area is 127 Å². The Hall–Kier alpha value is -1.10. The lowest BCUT2D eigenvalue weighted by Crippen LogP contribution is -2.44. The maximum atomic E-state index is 12.4. The molecule has 1 aliphatic heterocycles. The average Bonchev–Trinajstić information content (AvgIpc) is 2.46. The third-order valence-corrected chi connectivity index (χ3v) is 3.99. The third-order valence-electron chi connectivity index (χ3n) is 3.99. The fraction of sp³-hybridized carbons (Fsp3) is 0.533. The number of halogens is 1. The first kappa shape index (κ1) is 17.0. The van der Waals surface area contributed by atoms with Crippen molar-refractivity contribution in [1.29, 1.82) is 0 Å². The van der Waals surface area contributed by atoms with Gasteiger partial charge in [0.25, 0.3) is 5.91 Å². The Morgan fingerprint density at radius 1 is 1.30 bits per heavy atom. The monoisotopic (exact) mass is 297 g/mol. The highest BCUT2D eigenvalue weighted by Crippen LogP contribution is 2.17. The second kappa shape index (κ2) is 7.62. The summed E-state index contributed by atoms with van der Waals surface area (Å²) >= 11 is 0. The minimum Gasteiger partial charge on any atom is -0.339 e. The summed E-state index contributed by atoms with van der Waals surface area (Å²) in [6.07, 6.45) is 2.11. The molecule has 1 aromatic carbocycles. The number of benzene rings is 1. The lowest BCUT2D eigenvalue weighted by atomic mass is 10.0. The minimum atomic E-state index is 0. The number of rotatable bonds is 3. The van der Waals surface area contributed by atoms with Gasteiger partial charge in [-0.15, -0.1) is 12.4 Å². The zero-order valence-electron chi connectivity index (χ0n) is 12.2. The summed E-state index contributed by atoms with van der Waals surface area (Å²) in [4.78, 5) is 16.6. The van der Waals surface area contributed by atoms with Gasteiger partial charge in [-0.1, -0.05) is 12.1 Å². The summed E-state index contributed by atoms with van der Waals surface area (Å²) in [6, 6.07) is 7.95. The standard InChI is InChI=1S/C15H23N3O.ClH/c1-17-9-7-14(8-10-17)18(2)15(19)13-5-3-12(11-16)4-6-13;/h3-6,14H,7-11,16H2,1-2H3;1H. The van der Waals surface area contributed by atoms with E-state index < -0.39 is 0 Å². The van der Waals surface area contributed by atoms with Crippen LogP contribution in [0.25, 0.3) is 0 Å². The van der Waals surface area contributed by atoms with Crippen LogP contribution in [0.1, 0.15) is 28.8 Å². The van der Waals surface area contributed by atoms with E-state index >= 15 is 0 Å². The number of likely N-dealkylation sites (tertiary alicyclic amines) is 1. The molecule has 112 valence electrons. The van der Waals surface area contributed by atoms with E-state index in [9.17, 15) is 4.79 Å². The van der Waals surface area contributed by atoms with E-state index in [0.29, 0.717) is 12.6 Å². The molecule has 0 unspecified atom stereocenters. The molecule has 0 atom stereocenters. The summed E-state index contributed by atoms with van der Waals surface area (Å²) in [5.74, 6) is 0.109. The van der Waals surface area contributed by atoms with Crippen LogP contribution in [0.5, 0.6) is 0 Å². The molecule has 1 heterocycles. The smallest absolute Gasteiger partial charge is 0.253 e. The first-order chi connectivity index (χ1) is 9.11. The summed E-state index contributed by atoms with van der Waals surface area (Å²) < 4.78 is 0. The minimum absolute atomic E-state index is 0. The van der Waals surface area contributed by atoms with Gasteiger partial charge in [-0.25, -0.2) is 0 Å². The number of nitrogens with two attached hydrogens (primary N) is 1. The molecule has 0 bridgehead atoms. The van der Waals surface area contributed by atoms with Gasteiger partial charge < -0.3 is 15.5 Å². The van der Waals surface area contributed by atoms with Gasteiger partial charge in [-0.2, -0.15) is 0 Å². The average molecular weight is 298 g/mol. The second-order valence-corrected chi connectivity index (χ2v) is 5.35. The van der Waals surface area contributed by atoms with E-state index in [2.05, 4.69) is 11.9 Å². The van der Waals surface area contributed by atoms with Crippen LogP contribution in [0.15, 0.2) is 24.3 Å². The van der Waals surface area contributed by atoms with Crippen molar-refractivity contribution in [2.75, 3.05) is 27.2 Å². The van der Waals surface area contributed by atoms with Crippen molar-refractivity contribution in [2.24, 2.45) is 5.73 Å². The number of nitrogens with zero attached hydrogens (tertiary/aromatic N) is 2. The molecule has 1 amide bonds. The number of amides is 1. The normalized spacial score (nSPS) is 16.6. The van der Waals surface area contributed by atoms with Crippen LogP contribution in [0.4, 0.5) is 0 Å². The molecule has 2 N–H and O–H groups in total. The van der Waals surface area contributed by atoms with E-state index in [-0.39, 0.29) is 18.3 Å². The molecule has 0 aliphatic carbocycles. The molecule has 0 saturated carbocycles. The van der Waals surface area contributed by atoms with Crippen LogP contribution in [-0.4, -0.2) is 48.9 Å². The topological polar surface area (TPSA) is 49.6 Å². The van der Waals surface area contributed by atoms with E-state index in [0.717, 1.165) is 37.1 Å². The summed E-state index contributed by atoms with van der Waals surface area (Å²) in [6.45, 7) is 2.64. The van der Waals surface area contributed by atoms with E-state index in [1.165, 1.54) is 0 Å². The van der Waals surface area contributed by atoms with Gasteiger partial charge >= 0.3 is 0 Å². The second-order valence-electron chi connectivity index (χ2n) is 5.35. The molecule has 5 heteroatoms. The number of carbonyl (C=O) groups excluding carboxylic acids is 1. The number of hydrogen-bond donors (Lipinski definition) is 1. The van der Waals surface area contributed by atoms with Crippen molar-refractivity contribution in [3.05, 3.63) is 35.4 Å². The van der Waals surface area contributed by atoms with Crippen molar-refractivity contribution in [3.63, 3.8) is 0 Å². The Morgan fingerprint density at radius 2 is 1.85 bits per heavy atom. The van der Waals surface area contributed by atoms with Crippen LogP contribution in [0, 0.1) is 0 Å². The van der Waals surface area contributed by atoms with E-state index in [4.69, 9.17) is 5.73 Å². The van der Waals surface area contributed by atoms with Crippen LogP contribution in [-0.2, 0) is 6.54 Å². The van der Waals surface area contributed by atoms with Gasteiger partial charge in [0, 0.05) is 25.2 Å². The summed E-state index contributed by atoms with van der Waals surface area (Å²) in [5.41, 5.74) is 7.37. The molecule has 2 rings (SSSR count). The van der Waals surface area contributed by atoms with Crippen molar-refractivity contribution >= 4 is 18.3 Å². The Balaban J connectivity index is 0.00000200. The number of carbonyl (C=O) groups is 1. The predicted octanol–water partition coefficient (Wildman–Crippen LogP) is 1.73. The molecule has 4 nitrogen and oxygen atoms in total. The molecule has 20 heavy (non-hydrogen) atoms. The van der Waals surface area contributed by atoms with Crippen LogP contribution in [0.3, 0.4) is 0 Å². The quantitative estimate of drug-likeness (QED) is 0.924.